The third-order valence-electron chi connectivity index (χ3n) is 5.56. The van der Waals surface area contributed by atoms with E-state index in [4.69, 9.17) is 4.98 Å². The second-order valence-corrected chi connectivity index (χ2v) is 8.42. The van der Waals surface area contributed by atoms with Gasteiger partial charge in [0.2, 0.25) is 5.91 Å². The minimum Gasteiger partial charge on any atom is -0.339 e. The van der Waals surface area contributed by atoms with Gasteiger partial charge in [0.15, 0.2) is 5.16 Å². The van der Waals surface area contributed by atoms with Crippen LogP contribution in [0.2, 0.25) is 0 Å². The number of fused-ring (bicyclic) bond motifs is 1. The summed E-state index contributed by atoms with van der Waals surface area (Å²) in [6.07, 6.45) is 7.86. The lowest BCUT2D eigenvalue weighted by Crippen LogP contribution is -2.42. The maximum atomic E-state index is 13.0. The molecule has 5 nitrogen and oxygen atoms in total. The van der Waals surface area contributed by atoms with Gasteiger partial charge in [0, 0.05) is 19.1 Å². The monoisotopic (exact) mass is 401 g/mol. The lowest BCUT2D eigenvalue weighted by Gasteiger charge is -2.33. The van der Waals surface area contributed by atoms with Gasteiger partial charge in [-0.25, -0.2) is 4.98 Å². The second-order valence-electron chi connectivity index (χ2n) is 7.48. The Morgan fingerprint density at radius 2 is 1.96 bits per heavy atom. The number of para-hydroxylation sites is 1. The van der Waals surface area contributed by atoms with Crippen molar-refractivity contribution in [2.75, 3.05) is 12.3 Å². The summed E-state index contributed by atoms with van der Waals surface area (Å²) >= 11 is 1.40. The number of nitrogens with zero attached hydrogens (tertiary/aromatic N) is 3. The summed E-state index contributed by atoms with van der Waals surface area (Å²) in [6, 6.07) is 7.84. The summed E-state index contributed by atoms with van der Waals surface area (Å²) in [5.41, 5.74) is 0.698. The summed E-state index contributed by atoms with van der Waals surface area (Å²) in [7, 11) is 0. The van der Waals surface area contributed by atoms with E-state index in [1.165, 1.54) is 31.0 Å². The van der Waals surface area contributed by atoms with Gasteiger partial charge in [-0.15, -0.1) is 0 Å². The first-order chi connectivity index (χ1) is 13.7. The number of carbonyl (C=O) groups excluding carboxylic acids is 1. The zero-order chi connectivity index (χ0) is 19.9. The van der Waals surface area contributed by atoms with E-state index in [-0.39, 0.29) is 11.5 Å². The van der Waals surface area contributed by atoms with Crippen LogP contribution >= 0.6 is 11.8 Å². The van der Waals surface area contributed by atoms with Crippen LogP contribution in [0, 0.1) is 0 Å². The summed E-state index contributed by atoms with van der Waals surface area (Å²) in [5, 5.41) is 1.30. The van der Waals surface area contributed by atoms with Crippen LogP contribution in [-0.4, -0.2) is 38.7 Å². The number of unbranched alkanes of at least 4 members (excludes halogenated alkanes) is 1. The standard InChI is InChI=1S/C22H31N3O2S/c1-3-5-15-25-21(27)18-13-9-10-14-19(18)23-22(25)28-16-20(26)24(4-2)17-11-7-6-8-12-17/h9-10,13-14,17H,3-8,11-12,15-16H2,1-2H3. The molecule has 0 atom stereocenters. The number of hydrogen-bond acceptors (Lipinski definition) is 4. The average Bonchev–Trinajstić information content (AvgIpc) is 2.73. The van der Waals surface area contributed by atoms with Gasteiger partial charge >= 0.3 is 0 Å². The zero-order valence-corrected chi connectivity index (χ0v) is 17.8. The van der Waals surface area contributed by atoms with Gasteiger partial charge in [0.1, 0.15) is 0 Å². The number of rotatable bonds is 8. The smallest absolute Gasteiger partial charge is 0.262 e. The molecule has 2 aromatic rings. The minimum absolute atomic E-state index is 0.00590. The Labute approximate surface area is 171 Å². The molecule has 0 saturated heterocycles. The Morgan fingerprint density at radius 1 is 1.21 bits per heavy atom. The summed E-state index contributed by atoms with van der Waals surface area (Å²) in [5.74, 6) is 0.491. The SMILES string of the molecule is CCCCn1c(SCC(=O)N(CC)C2CCCCC2)nc2ccccc2c1=O. The van der Waals surface area contributed by atoms with Crippen LogP contribution < -0.4 is 5.56 Å². The molecule has 0 bridgehead atoms. The summed E-state index contributed by atoms with van der Waals surface area (Å²) in [4.78, 5) is 32.6. The topological polar surface area (TPSA) is 55.2 Å². The number of hydrogen-bond donors (Lipinski definition) is 0. The van der Waals surface area contributed by atoms with E-state index in [2.05, 4.69) is 13.8 Å². The molecule has 1 aromatic carbocycles. The van der Waals surface area contributed by atoms with Crippen LogP contribution in [0.1, 0.15) is 58.8 Å². The Balaban J connectivity index is 1.80. The molecule has 0 N–H and O–H groups in total. The van der Waals surface area contributed by atoms with Crippen molar-refractivity contribution in [2.45, 2.75) is 76.5 Å². The van der Waals surface area contributed by atoms with Crippen LogP contribution in [-0.2, 0) is 11.3 Å². The summed E-state index contributed by atoms with van der Waals surface area (Å²) in [6.45, 7) is 5.56. The van der Waals surface area contributed by atoms with Gasteiger partial charge < -0.3 is 4.90 Å². The van der Waals surface area contributed by atoms with Crippen molar-refractivity contribution in [2.24, 2.45) is 0 Å². The summed E-state index contributed by atoms with van der Waals surface area (Å²) < 4.78 is 1.75. The van der Waals surface area contributed by atoms with Crippen molar-refractivity contribution in [1.29, 1.82) is 0 Å². The molecule has 0 aliphatic heterocycles. The molecule has 6 heteroatoms. The van der Waals surface area contributed by atoms with Gasteiger partial charge in [-0.05, 0) is 38.3 Å². The van der Waals surface area contributed by atoms with Crippen molar-refractivity contribution in [1.82, 2.24) is 14.5 Å². The molecule has 1 aliphatic carbocycles. The highest BCUT2D eigenvalue weighted by Crippen LogP contribution is 2.24. The van der Waals surface area contributed by atoms with Gasteiger partial charge in [-0.1, -0.05) is 56.5 Å². The molecule has 1 amide bonds. The van der Waals surface area contributed by atoms with E-state index in [1.54, 1.807) is 4.57 Å². The zero-order valence-electron chi connectivity index (χ0n) is 17.0. The van der Waals surface area contributed by atoms with E-state index >= 15 is 0 Å². The lowest BCUT2D eigenvalue weighted by molar-refractivity contribution is -0.131. The maximum absolute atomic E-state index is 13.0. The molecule has 0 radical (unpaired) electrons. The molecular weight excluding hydrogens is 370 g/mol. The highest BCUT2D eigenvalue weighted by Gasteiger charge is 2.24. The van der Waals surface area contributed by atoms with Crippen LogP contribution in [0.15, 0.2) is 34.2 Å². The van der Waals surface area contributed by atoms with Crippen molar-refractivity contribution in [3.63, 3.8) is 0 Å². The molecule has 3 rings (SSSR count). The molecule has 0 spiro atoms. The van der Waals surface area contributed by atoms with Crippen LogP contribution in [0.3, 0.4) is 0 Å². The van der Waals surface area contributed by atoms with Crippen molar-refractivity contribution in [3.05, 3.63) is 34.6 Å². The Kier molecular flexibility index (Phi) is 7.54. The predicted octanol–water partition coefficient (Wildman–Crippen LogP) is 4.47. The molecule has 1 saturated carbocycles. The number of amides is 1. The molecule has 1 fully saturated rings. The minimum atomic E-state index is -0.00590. The number of benzene rings is 1. The van der Waals surface area contributed by atoms with E-state index in [0.717, 1.165) is 32.2 Å². The highest BCUT2D eigenvalue weighted by atomic mass is 32.2. The van der Waals surface area contributed by atoms with Crippen LogP contribution in [0.4, 0.5) is 0 Å². The first kappa shape index (κ1) is 20.9. The van der Waals surface area contributed by atoms with E-state index < -0.39 is 0 Å². The third kappa shape index (κ3) is 4.77. The normalized spacial score (nSPS) is 15.1. The van der Waals surface area contributed by atoms with E-state index in [0.29, 0.717) is 34.4 Å². The van der Waals surface area contributed by atoms with Crippen molar-refractivity contribution in [3.8, 4) is 0 Å². The van der Waals surface area contributed by atoms with E-state index in [1.807, 2.05) is 29.2 Å². The second kappa shape index (κ2) is 10.1. The molecule has 1 aromatic heterocycles. The molecule has 1 heterocycles. The molecular formula is C22H31N3O2S. The Hall–Kier alpha value is -1.82. The fourth-order valence-corrected chi connectivity index (χ4v) is 4.92. The fraction of sp³-hybridized carbons (Fsp3) is 0.591. The van der Waals surface area contributed by atoms with Crippen molar-refractivity contribution < 1.29 is 4.79 Å². The Morgan fingerprint density at radius 3 is 2.68 bits per heavy atom. The van der Waals surface area contributed by atoms with Crippen LogP contribution in [0.25, 0.3) is 10.9 Å². The van der Waals surface area contributed by atoms with Gasteiger partial charge in [-0.2, -0.15) is 0 Å². The van der Waals surface area contributed by atoms with E-state index in [9.17, 15) is 9.59 Å². The Bertz CT molecular complexity index is 858. The van der Waals surface area contributed by atoms with Crippen LogP contribution in [0.5, 0.6) is 0 Å². The predicted molar refractivity (Wildman–Crippen MR) is 116 cm³/mol. The maximum Gasteiger partial charge on any atom is 0.262 e. The number of aromatic nitrogens is 2. The molecule has 28 heavy (non-hydrogen) atoms. The number of thioether (sulfide) groups is 1. The quantitative estimate of drug-likeness (QED) is 0.484. The molecule has 152 valence electrons. The van der Waals surface area contributed by atoms with Gasteiger partial charge in [0.25, 0.3) is 5.56 Å². The van der Waals surface area contributed by atoms with Gasteiger partial charge in [-0.3, -0.25) is 14.2 Å². The number of carbonyl (C=O) groups is 1. The average molecular weight is 402 g/mol. The largest absolute Gasteiger partial charge is 0.339 e. The van der Waals surface area contributed by atoms with Gasteiger partial charge in [0.05, 0.1) is 16.7 Å². The molecule has 1 aliphatic rings. The third-order valence-corrected chi connectivity index (χ3v) is 6.52. The fourth-order valence-electron chi connectivity index (χ4n) is 4.01. The molecule has 0 unspecified atom stereocenters. The first-order valence-electron chi connectivity index (χ1n) is 10.6. The first-order valence-corrected chi connectivity index (χ1v) is 11.6. The lowest BCUT2D eigenvalue weighted by atomic mass is 9.94. The van der Waals surface area contributed by atoms with Crippen molar-refractivity contribution >= 4 is 28.6 Å². The highest BCUT2D eigenvalue weighted by molar-refractivity contribution is 7.99.